The summed E-state index contributed by atoms with van der Waals surface area (Å²) >= 11 is 0. The Morgan fingerprint density at radius 3 is 1.89 bits per heavy atom. The minimum Gasteiger partial charge on any atom is -0.462 e. The summed E-state index contributed by atoms with van der Waals surface area (Å²) in [6.07, 6.45) is 38.7. The molecule has 3 atom stereocenters. The lowest BCUT2D eigenvalue weighted by molar-refractivity contribution is -0.870. The van der Waals surface area contributed by atoms with E-state index in [4.69, 9.17) is 18.5 Å². The number of phosphoric ester groups is 1. The number of aliphatic hydroxyl groups excluding tert-OH is 1. The van der Waals surface area contributed by atoms with Gasteiger partial charge in [0.25, 0.3) is 0 Å². The fourth-order valence-electron chi connectivity index (χ4n) is 5.31. The lowest BCUT2D eigenvalue weighted by atomic mass is 10.0. The first-order valence-corrected chi connectivity index (χ1v) is 22.6. The van der Waals surface area contributed by atoms with Gasteiger partial charge in [-0.2, -0.15) is 0 Å². The lowest BCUT2D eigenvalue weighted by Crippen LogP contribution is -2.37. The number of quaternary nitrogens is 1. The molecule has 0 rings (SSSR count). The number of likely N-dealkylation sites (N-methyl/N-ethyl adjacent to an activating group) is 1. The Bertz CT molecular complexity index is 1140. The number of carbonyl (C=O) groups excluding carboxylic acids is 2. The number of nitrogens with zero attached hydrogens (tertiary/aromatic N) is 1. The van der Waals surface area contributed by atoms with Gasteiger partial charge < -0.3 is 24.0 Å². The van der Waals surface area contributed by atoms with Crippen molar-refractivity contribution < 1.29 is 47.2 Å². The molecule has 0 aromatic heterocycles. The van der Waals surface area contributed by atoms with Crippen molar-refractivity contribution in [3.63, 3.8) is 0 Å². The van der Waals surface area contributed by atoms with Gasteiger partial charge in [0, 0.05) is 12.8 Å². The van der Waals surface area contributed by atoms with Gasteiger partial charge in [-0.1, -0.05) is 152 Å². The van der Waals surface area contributed by atoms with Crippen LogP contribution in [0.2, 0.25) is 0 Å². The summed E-state index contributed by atoms with van der Waals surface area (Å²) in [5.74, 6) is -0.909. The lowest BCUT2D eigenvalue weighted by Gasteiger charge is -2.24. The Labute approximate surface area is 335 Å². The fourth-order valence-corrected chi connectivity index (χ4v) is 6.05. The smallest absolute Gasteiger partial charge is 0.462 e. The molecule has 55 heavy (non-hydrogen) atoms. The van der Waals surface area contributed by atoms with Crippen LogP contribution in [0, 0.1) is 0 Å². The highest BCUT2D eigenvalue weighted by atomic mass is 31.2. The van der Waals surface area contributed by atoms with Crippen LogP contribution in [-0.2, 0) is 32.7 Å². The van der Waals surface area contributed by atoms with Crippen molar-refractivity contribution in [3.8, 4) is 0 Å². The molecule has 0 heterocycles. The zero-order valence-corrected chi connectivity index (χ0v) is 36.1. The first-order valence-electron chi connectivity index (χ1n) is 21.1. The van der Waals surface area contributed by atoms with Crippen molar-refractivity contribution in [2.45, 2.75) is 161 Å². The van der Waals surface area contributed by atoms with E-state index in [1.807, 2.05) is 57.6 Å². The second kappa shape index (κ2) is 36.0. The van der Waals surface area contributed by atoms with E-state index in [0.29, 0.717) is 36.7 Å². The van der Waals surface area contributed by atoms with E-state index in [-0.39, 0.29) is 26.1 Å². The third-order valence-corrected chi connectivity index (χ3v) is 9.63. The van der Waals surface area contributed by atoms with Crippen molar-refractivity contribution in [1.82, 2.24) is 0 Å². The van der Waals surface area contributed by atoms with Crippen LogP contribution >= 0.6 is 7.82 Å². The summed E-state index contributed by atoms with van der Waals surface area (Å²) in [6.45, 7) is 4.13. The molecule has 0 aliphatic rings. The second-order valence-corrected chi connectivity index (χ2v) is 16.7. The number of hydrogen-bond acceptors (Lipinski definition) is 8. The predicted molar refractivity (Wildman–Crippen MR) is 225 cm³/mol. The number of rotatable bonds is 37. The summed E-state index contributed by atoms with van der Waals surface area (Å²) in [4.78, 5) is 35.3. The molecule has 10 nitrogen and oxygen atoms in total. The minimum absolute atomic E-state index is 0.0114. The van der Waals surface area contributed by atoms with Crippen molar-refractivity contribution >= 4 is 19.8 Å². The van der Waals surface area contributed by atoms with Gasteiger partial charge in [-0.25, -0.2) is 4.57 Å². The third-order valence-electron chi connectivity index (χ3n) is 8.64. The predicted octanol–water partition coefficient (Wildman–Crippen LogP) is 10.7. The normalized spacial score (nSPS) is 14.8. The summed E-state index contributed by atoms with van der Waals surface area (Å²) < 4.78 is 34.1. The van der Waals surface area contributed by atoms with Gasteiger partial charge in [-0.05, 0) is 44.9 Å². The monoisotopic (exact) mass is 797 g/mol. The van der Waals surface area contributed by atoms with Gasteiger partial charge in [0.15, 0.2) is 6.10 Å². The number of phosphoric acid groups is 1. The quantitative estimate of drug-likeness (QED) is 0.0158. The molecule has 0 bridgehead atoms. The average molecular weight is 797 g/mol. The highest BCUT2D eigenvalue weighted by Crippen LogP contribution is 2.43. The third kappa shape index (κ3) is 39.7. The number of esters is 2. The Morgan fingerprint density at radius 1 is 0.673 bits per heavy atom. The second-order valence-electron chi connectivity index (χ2n) is 15.2. The number of allylic oxidation sites excluding steroid dienone is 8. The van der Waals surface area contributed by atoms with E-state index in [1.165, 1.54) is 57.8 Å². The molecule has 0 fully saturated rings. The molecule has 0 aliphatic heterocycles. The topological polar surface area (TPSA) is 129 Å². The Hall–Kier alpha value is -2.33. The molecular weight excluding hydrogens is 717 g/mol. The van der Waals surface area contributed by atoms with E-state index >= 15 is 0 Å². The van der Waals surface area contributed by atoms with Crippen LogP contribution in [0.1, 0.15) is 149 Å². The van der Waals surface area contributed by atoms with Gasteiger partial charge in [-0.15, -0.1) is 0 Å². The van der Waals surface area contributed by atoms with E-state index in [1.54, 1.807) is 6.08 Å². The Morgan fingerprint density at radius 2 is 1.25 bits per heavy atom. The van der Waals surface area contributed by atoms with Gasteiger partial charge >= 0.3 is 19.8 Å². The Kier molecular flexibility index (Phi) is 34.5. The molecule has 318 valence electrons. The maximum atomic E-state index is 12.7. The molecule has 11 heteroatoms. The van der Waals surface area contributed by atoms with Crippen LogP contribution < -0.4 is 0 Å². The molecule has 2 N–H and O–H groups in total. The van der Waals surface area contributed by atoms with E-state index in [0.717, 1.165) is 38.5 Å². The van der Waals surface area contributed by atoms with Gasteiger partial charge in [-0.3, -0.25) is 18.6 Å². The maximum Gasteiger partial charge on any atom is 0.472 e. The van der Waals surface area contributed by atoms with Crippen molar-refractivity contribution in [2.24, 2.45) is 0 Å². The molecule has 0 saturated carbocycles. The highest BCUT2D eigenvalue weighted by molar-refractivity contribution is 7.47. The largest absolute Gasteiger partial charge is 0.472 e. The molecule has 0 spiro atoms. The highest BCUT2D eigenvalue weighted by Gasteiger charge is 2.27. The van der Waals surface area contributed by atoms with Gasteiger partial charge in [0.05, 0.1) is 33.9 Å². The van der Waals surface area contributed by atoms with Crippen molar-refractivity contribution in [3.05, 3.63) is 60.8 Å². The zero-order chi connectivity index (χ0) is 40.9. The number of carbonyl (C=O) groups is 2. The van der Waals surface area contributed by atoms with E-state index < -0.39 is 38.6 Å². The molecule has 0 aromatic carbocycles. The molecular formula is C44H79NO9P+. The van der Waals surface area contributed by atoms with Crippen LogP contribution in [0.5, 0.6) is 0 Å². The standard InChI is InChI=1S/C44H78NO9P/c1-6-8-10-12-14-15-16-17-18-19-24-28-32-36-44(48)54-42(40-53-55(49,50)52-38-37-45(3,4)5)39-51-43(47)35-31-27-23-21-20-22-26-30-34-41(46)33-29-25-13-11-9-7-2/h9,11,21-23,25-26,29-30,34,41-42,46H,6-8,10,12-20,24,27-28,31-33,35-40H2,1-5H3/p+1/b11-9-,23-21-,26-22-,29-25-,34-30+/t41?,42-/m1/s1. The summed E-state index contributed by atoms with van der Waals surface area (Å²) in [6, 6.07) is 0. The Balaban J connectivity index is 4.54. The molecule has 2 unspecified atom stereocenters. The molecule has 0 aliphatic carbocycles. The molecule has 0 amide bonds. The summed E-state index contributed by atoms with van der Waals surface area (Å²) in [7, 11) is 1.41. The summed E-state index contributed by atoms with van der Waals surface area (Å²) in [5, 5.41) is 10.0. The molecule has 0 aromatic rings. The molecule has 0 radical (unpaired) electrons. The van der Waals surface area contributed by atoms with Crippen LogP contribution in [0.25, 0.3) is 0 Å². The average Bonchev–Trinajstić information content (AvgIpc) is 3.13. The van der Waals surface area contributed by atoms with Crippen molar-refractivity contribution in [2.75, 3.05) is 47.5 Å². The maximum absolute atomic E-state index is 12.7. The fraction of sp³-hybridized carbons (Fsp3) is 0.727. The SMILES string of the molecule is CC/C=C\C/C=C\CC(O)/C=C/C=C\C/C=C\CCCC(=O)OC[C@H](COP(=O)(O)OCC[N+](C)(C)C)OC(=O)CCCCCCCCCCCCCCC. The number of hydrogen-bond donors (Lipinski definition) is 2. The first kappa shape index (κ1) is 52.7. The van der Waals surface area contributed by atoms with E-state index in [9.17, 15) is 24.2 Å². The minimum atomic E-state index is -4.40. The summed E-state index contributed by atoms with van der Waals surface area (Å²) in [5.41, 5.74) is 0. The van der Waals surface area contributed by atoms with Crippen LogP contribution in [-0.4, -0.2) is 86.1 Å². The number of ether oxygens (including phenoxy) is 2. The molecule has 0 saturated heterocycles. The van der Waals surface area contributed by atoms with Crippen LogP contribution in [0.3, 0.4) is 0 Å². The van der Waals surface area contributed by atoms with Gasteiger partial charge in [0.1, 0.15) is 19.8 Å². The number of aliphatic hydroxyl groups is 1. The van der Waals surface area contributed by atoms with Crippen molar-refractivity contribution in [1.29, 1.82) is 0 Å². The van der Waals surface area contributed by atoms with Crippen LogP contribution in [0.15, 0.2) is 60.8 Å². The number of unbranched alkanes of at least 4 members (excludes halogenated alkanes) is 13. The van der Waals surface area contributed by atoms with Crippen LogP contribution in [0.4, 0.5) is 0 Å². The van der Waals surface area contributed by atoms with E-state index in [2.05, 4.69) is 32.1 Å². The van der Waals surface area contributed by atoms with Gasteiger partial charge in [0.2, 0.25) is 0 Å². The first-order chi connectivity index (χ1) is 26.4. The zero-order valence-electron chi connectivity index (χ0n) is 35.3.